The smallest absolute Gasteiger partial charge is 0.312 e. The summed E-state index contributed by atoms with van der Waals surface area (Å²) in [4.78, 5) is 39.0. The fraction of sp³-hybridized carbons (Fsp3) is 0.605. The van der Waals surface area contributed by atoms with Crippen molar-refractivity contribution in [3.63, 3.8) is 0 Å². The Morgan fingerprint density at radius 2 is 1.44 bits per heavy atom. The molecule has 2 fully saturated rings. The molecule has 4 aliphatic carbocycles. The van der Waals surface area contributed by atoms with Crippen LogP contribution in [0.15, 0.2) is 65.3 Å². The summed E-state index contributed by atoms with van der Waals surface area (Å²) in [7, 11) is 1.52. The lowest BCUT2D eigenvalue weighted by Crippen LogP contribution is -2.54. The van der Waals surface area contributed by atoms with Crippen molar-refractivity contribution >= 4 is 17.5 Å². The molecule has 0 radical (unpaired) electrons. The van der Waals surface area contributed by atoms with Gasteiger partial charge in [0, 0.05) is 12.5 Å². The molecule has 5 nitrogen and oxygen atoms in total. The topological polar surface area (TPSA) is 69.7 Å². The number of carbonyl (C=O) groups is 3. The van der Waals surface area contributed by atoms with Crippen molar-refractivity contribution in [2.45, 2.75) is 112 Å². The predicted molar refractivity (Wildman–Crippen MR) is 169 cm³/mol. The highest BCUT2D eigenvalue weighted by Gasteiger charge is 2.59. The summed E-state index contributed by atoms with van der Waals surface area (Å²) < 4.78 is 11.5. The number of fused-ring (bicyclic) bond motifs is 3. The molecule has 0 heterocycles. The largest absolute Gasteiger partial charge is 0.460 e. The van der Waals surface area contributed by atoms with Gasteiger partial charge in [0.1, 0.15) is 6.61 Å². The van der Waals surface area contributed by atoms with Crippen molar-refractivity contribution in [2.24, 2.45) is 27.1 Å². The Balaban J connectivity index is 1.34. The molecule has 5 heteroatoms. The third-order valence-corrected chi connectivity index (χ3v) is 12.6. The Bertz CT molecular complexity index is 1400. The van der Waals surface area contributed by atoms with Crippen molar-refractivity contribution < 1.29 is 23.9 Å². The molecule has 3 atom stereocenters. The molecule has 0 bridgehead atoms. The molecule has 0 unspecified atom stereocenters. The lowest BCUT2D eigenvalue weighted by atomic mass is 9.44. The lowest BCUT2D eigenvalue weighted by Gasteiger charge is -2.60. The van der Waals surface area contributed by atoms with Crippen LogP contribution in [0.2, 0.25) is 0 Å². The average molecular weight is 587 g/mol. The van der Waals surface area contributed by atoms with Gasteiger partial charge in [-0.1, -0.05) is 82.7 Å². The van der Waals surface area contributed by atoms with Gasteiger partial charge in [-0.3, -0.25) is 14.4 Å². The summed E-state index contributed by atoms with van der Waals surface area (Å²) in [5.41, 5.74) is 2.23. The van der Waals surface area contributed by atoms with Gasteiger partial charge >= 0.3 is 5.97 Å². The highest BCUT2D eigenvalue weighted by molar-refractivity contribution is 6.46. The van der Waals surface area contributed by atoms with Gasteiger partial charge in [-0.05, 0) is 104 Å². The normalized spacial score (nSPS) is 37.0. The van der Waals surface area contributed by atoms with Gasteiger partial charge in [0.2, 0.25) is 11.6 Å². The number of Topliss-reactive ketones (excluding diaryl/α,β-unsaturated/α-hetero) is 1. The average Bonchev–Trinajstić information content (AvgIpc) is 2.99. The summed E-state index contributed by atoms with van der Waals surface area (Å²) in [6, 6.07) is 9.88. The number of rotatable bonds is 7. The van der Waals surface area contributed by atoms with E-state index in [4.69, 9.17) is 9.47 Å². The Hall–Kier alpha value is -2.79. The highest BCUT2D eigenvalue weighted by atomic mass is 16.5. The second kappa shape index (κ2) is 10.7. The fourth-order valence-corrected chi connectivity index (χ4v) is 8.34. The zero-order chi connectivity index (χ0) is 31.5. The standard InChI is InChI=1S/C38H50O5/c1-33(2)16-22-36(5)28-24-29(39)31(40)38(7,42-8)27(28)14-15-30(36)37(33,6)23-19-34(3)17-20-35(4,21-18-34)32(41)43-25-26-12-10-9-11-13-26/h9-15,24H,16-23,25H2,1-8H3/t34?,35?,36-,37+,38-/m0/s1. The maximum atomic E-state index is 13.2. The van der Waals surface area contributed by atoms with Crippen LogP contribution in [0.4, 0.5) is 0 Å². The molecule has 2 saturated carbocycles. The van der Waals surface area contributed by atoms with E-state index in [1.165, 1.54) is 12.7 Å². The lowest BCUT2D eigenvalue weighted by molar-refractivity contribution is -0.160. The van der Waals surface area contributed by atoms with Crippen LogP contribution in [-0.2, 0) is 30.5 Å². The van der Waals surface area contributed by atoms with Gasteiger partial charge in [-0.25, -0.2) is 0 Å². The third-order valence-electron chi connectivity index (χ3n) is 12.6. The first kappa shape index (κ1) is 31.6. The SMILES string of the molecule is CO[C@]1(C)C(=O)C(=O)C=C2C1=CC=C1[C@@]2(C)CCC(C)(C)[C@]1(C)CCC1(C)CCC(C)(C(=O)OCc2ccccc2)CC1. The molecule has 0 aromatic heterocycles. The van der Waals surface area contributed by atoms with Crippen LogP contribution in [-0.4, -0.2) is 30.2 Å². The van der Waals surface area contributed by atoms with E-state index in [1.807, 2.05) is 36.4 Å². The minimum atomic E-state index is -1.25. The summed E-state index contributed by atoms with van der Waals surface area (Å²) in [5.74, 6) is -1.04. The number of methoxy groups -OCH3 is 1. The molecule has 0 saturated heterocycles. The van der Waals surface area contributed by atoms with Gasteiger partial charge in [0.05, 0.1) is 5.41 Å². The monoisotopic (exact) mass is 586 g/mol. The maximum Gasteiger partial charge on any atom is 0.312 e. The molecule has 0 aliphatic heterocycles. The minimum absolute atomic E-state index is 0.0596. The summed E-state index contributed by atoms with van der Waals surface area (Å²) in [6.45, 7) is 16.0. The van der Waals surface area contributed by atoms with Crippen LogP contribution in [0.5, 0.6) is 0 Å². The first-order valence-electron chi connectivity index (χ1n) is 16.0. The van der Waals surface area contributed by atoms with Crippen molar-refractivity contribution in [3.8, 4) is 0 Å². The van der Waals surface area contributed by atoms with E-state index in [-0.39, 0.29) is 27.6 Å². The van der Waals surface area contributed by atoms with E-state index in [2.05, 4.69) is 47.6 Å². The molecule has 1 aromatic carbocycles. The van der Waals surface area contributed by atoms with Crippen molar-refractivity contribution in [1.29, 1.82) is 0 Å². The molecule has 4 aliphatic rings. The first-order valence-corrected chi connectivity index (χ1v) is 16.0. The van der Waals surface area contributed by atoms with Crippen LogP contribution in [0, 0.1) is 27.1 Å². The van der Waals surface area contributed by atoms with E-state index in [0.29, 0.717) is 6.61 Å². The van der Waals surface area contributed by atoms with Gasteiger partial charge < -0.3 is 9.47 Å². The Labute approximate surface area is 258 Å². The molecule has 0 amide bonds. The number of hydrogen-bond acceptors (Lipinski definition) is 5. The molecule has 0 N–H and O–H groups in total. The number of esters is 1. The Kier molecular flexibility index (Phi) is 7.86. The molecule has 0 spiro atoms. The second-order valence-corrected chi connectivity index (χ2v) is 15.6. The Morgan fingerprint density at radius 3 is 2.07 bits per heavy atom. The van der Waals surface area contributed by atoms with Crippen molar-refractivity contribution in [2.75, 3.05) is 7.11 Å². The third kappa shape index (κ3) is 5.10. The summed E-state index contributed by atoms with van der Waals surface area (Å²) >= 11 is 0. The minimum Gasteiger partial charge on any atom is -0.460 e. The predicted octanol–water partition coefficient (Wildman–Crippen LogP) is 8.28. The number of ether oxygens (including phenoxy) is 2. The summed E-state index contributed by atoms with van der Waals surface area (Å²) in [6.07, 6.45) is 13.6. The van der Waals surface area contributed by atoms with Crippen LogP contribution in [0.25, 0.3) is 0 Å². The van der Waals surface area contributed by atoms with Gasteiger partial charge in [0.15, 0.2) is 5.60 Å². The molecular formula is C38H50O5. The molecule has 43 heavy (non-hydrogen) atoms. The number of allylic oxidation sites excluding steroid dienone is 4. The quantitative estimate of drug-likeness (QED) is 0.238. The molecule has 5 rings (SSSR count). The first-order chi connectivity index (χ1) is 20.0. The van der Waals surface area contributed by atoms with Crippen LogP contribution < -0.4 is 0 Å². The number of carbonyl (C=O) groups excluding carboxylic acids is 3. The fourth-order valence-electron chi connectivity index (χ4n) is 8.34. The molecular weight excluding hydrogens is 536 g/mol. The van der Waals surface area contributed by atoms with Crippen LogP contribution in [0.3, 0.4) is 0 Å². The van der Waals surface area contributed by atoms with Crippen molar-refractivity contribution in [1.82, 2.24) is 0 Å². The second-order valence-electron chi connectivity index (χ2n) is 15.6. The van der Waals surface area contributed by atoms with E-state index < -0.39 is 22.6 Å². The zero-order valence-electron chi connectivity index (χ0n) is 27.5. The van der Waals surface area contributed by atoms with Crippen LogP contribution in [0.1, 0.15) is 105 Å². The Morgan fingerprint density at radius 1 is 0.791 bits per heavy atom. The molecule has 232 valence electrons. The van der Waals surface area contributed by atoms with Crippen LogP contribution >= 0.6 is 0 Å². The molecule has 1 aromatic rings. The van der Waals surface area contributed by atoms with Gasteiger partial charge in [-0.15, -0.1) is 0 Å². The van der Waals surface area contributed by atoms with E-state index >= 15 is 0 Å². The van der Waals surface area contributed by atoms with E-state index in [0.717, 1.165) is 68.1 Å². The summed E-state index contributed by atoms with van der Waals surface area (Å²) in [5, 5.41) is 0. The van der Waals surface area contributed by atoms with E-state index in [1.54, 1.807) is 13.0 Å². The zero-order valence-corrected chi connectivity index (χ0v) is 27.5. The number of benzene rings is 1. The van der Waals surface area contributed by atoms with Gasteiger partial charge in [0.25, 0.3) is 0 Å². The van der Waals surface area contributed by atoms with Gasteiger partial charge in [-0.2, -0.15) is 0 Å². The number of ketones is 2. The number of hydrogen-bond donors (Lipinski definition) is 0. The highest BCUT2D eigenvalue weighted by Crippen LogP contribution is 2.67. The van der Waals surface area contributed by atoms with E-state index in [9.17, 15) is 14.4 Å². The van der Waals surface area contributed by atoms with Crippen molar-refractivity contribution in [3.05, 3.63) is 70.8 Å². The maximum absolute atomic E-state index is 13.2.